The highest BCUT2D eigenvalue weighted by atomic mass is 32.2. The van der Waals surface area contributed by atoms with Crippen molar-refractivity contribution >= 4 is 23.8 Å². The van der Waals surface area contributed by atoms with Crippen LogP contribution >= 0.6 is 11.8 Å². The molecular formula is C15H28N2O3S. The Labute approximate surface area is 131 Å². The molecule has 122 valence electrons. The average Bonchev–Trinajstić information content (AvgIpc) is 2.75. The smallest absolute Gasteiger partial charge is 0.318 e. The fraction of sp³-hybridized carbons (Fsp3) is 0.867. The van der Waals surface area contributed by atoms with Gasteiger partial charge in [-0.05, 0) is 39.4 Å². The first kappa shape index (κ1) is 18.1. The Morgan fingerprint density at radius 1 is 1.33 bits per heavy atom. The fourth-order valence-corrected chi connectivity index (χ4v) is 3.89. The van der Waals surface area contributed by atoms with Crippen molar-refractivity contribution in [3.63, 3.8) is 0 Å². The zero-order valence-electron chi connectivity index (χ0n) is 13.5. The third-order valence-corrected chi connectivity index (χ3v) is 5.07. The van der Waals surface area contributed by atoms with Gasteiger partial charge in [0.2, 0.25) is 0 Å². The summed E-state index contributed by atoms with van der Waals surface area (Å²) in [7, 11) is 0. The number of carboxylic acids is 1. The number of rotatable bonds is 6. The summed E-state index contributed by atoms with van der Waals surface area (Å²) in [6, 6.07) is 0.0643. The average molecular weight is 316 g/mol. The topological polar surface area (TPSA) is 69.6 Å². The van der Waals surface area contributed by atoms with Crippen molar-refractivity contribution in [3.8, 4) is 0 Å². The van der Waals surface area contributed by atoms with Crippen molar-refractivity contribution < 1.29 is 14.7 Å². The SMILES string of the molecule is CCSC1CCCC1NC(=O)N(CCC(=O)O)C(C)(C)C. The van der Waals surface area contributed by atoms with E-state index in [0.717, 1.165) is 25.0 Å². The number of urea groups is 1. The predicted octanol–water partition coefficient (Wildman–Crippen LogP) is 2.95. The lowest BCUT2D eigenvalue weighted by Gasteiger charge is -2.36. The third kappa shape index (κ3) is 5.77. The van der Waals surface area contributed by atoms with Gasteiger partial charge in [-0.3, -0.25) is 4.79 Å². The van der Waals surface area contributed by atoms with Crippen LogP contribution < -0.4 is 5.32 Å². The number of nitrogens with zero attached hydrogens (tertiary/aromatic N) is 1. The number of thioether (sulfide) groups is 1. The minimum absolute atomic E-state index is 0.0253. The first-order valence-electron chi connectivity index (χ1n) is 7.67. The van der Waals surface area contributed by atoms with E-state index < -0.39 is 5.97 Å². The minimum Gasteiger partial charge on any atom is -0.481 e. The van der Waals surface area contributed by atoms with Crippen LogP contribution in [0.1, 0.15) is 53.4 Å². The number of carbonyl (C=O) groups is 2. The van der Waals surface area contributed by atoms with Gasteiger partial charge < -0.3 is 15.3 Å². The van der Waals surface area contributed by atoms with Gasteiger partial charge in [-0.25, -0.2) is 4.79 Å². The Morgan fingerprint density at radius 3 is 2.52 bits per heavy atom. The minimum atomic E-state index is -0.877. The Balaban J connectivity index is 2.65. The monoisotopic (exact) mass is 316 g/mol. The summed E-state index contributed by atoms with van der Waals surface area (Å²) < 4.78 is 0. The fourth-order valence-electron chi connectivity index (χ4n) is 2.69. The summed E-state index contributed by atoms with van der Waals surface area (Å²) in [6.45, 7) is 8.17. The number of hydrogen-bond donors (Lipinski definition) is 2. The first-order valence-corrected chi connectivity index (χ1v) is 8.72. The number of carboxylic acid groups (broad SMARTS) is 1. The van der Waals surface area contributed by atoms with Crippen LogP contribution in [0.3, 0.4) is 0 Å². The summed E-state index contributed by atoms with van der Waals surface area (Å²) in [5, 5.41) is 12.4. The van der Waals surface area contributed by atoms with Crippen LogP contribution in [-0.2, 0) is 4.79 Å². The normalized spacial score (nSPS) is 22.1. The van der Waals surface area contributed by atoms with Gasteiger partial charge in [0.05, 0.1) is 6.42 Å². The molecule has 0 aromatic rings. The van der Waals surface area contributed by atoms with Crippen LogP contribution in [0.15, 0.2) is 0 Å². The Morgan fingerprint density at radius 2 is 2.00 bits per heavy atom. The summed E-state index contributed by atoms with van der Waals surface area (Å²) in [4.78, 5) is 24.9. The maximum atomic E-state index is 12.5. The first-order chi connectivity index (χ1) is 9.75. The van der Waals surface area contributed by atoms with Crippen molar-refractivity contribution in [2.24, 2.45) is 0 Å². The van der Waals surface area contributed by atoms with Crippen LogP contribution in [0.25, 0.3) is 0 Å². The molecule has 0 saturated heterocycles. The van der Waals surface area contributed by atoms with Crippen LogP contribution in [0.5, 0.6) is 0 Å². The van der Waals surface area contributed by atoms with Gasteiger partial charge in [-0.1, -0.05) is 13.3 Å². The molecule has 1 fully saturated rings. The van der Waals surface area contributed by atoms with Gasteiger partial charge in [0.15, 0.2) is 0 Å². The molecular weight excluding hydrogens is 288 g/mol. The number of nitrogens with one attached hydrogen (secondary N) is 1. The molecule has 0 spiro atoms. The summed E-state index contributed by atoms with van der Waals surface area (Å²) >= 11 is 1.90. The quantitative estimate of drug-likeness (QED) is 0.790. The largest absolute Gasteiger partial charge is 0.481 e. The summed E-state index contributed by atoms with van der Waals surface area (Å²) in [6.07, 6.45) is 3.28. The highest BCUT2D eigenvalue weighted by Gasteiger charge is 2.32. The molecule has 2 atom stereocenters. The zero-order chi connectivity index (χ0) is 16.0. The van der Waals surface area contributed by atoms with E-state index in [1.807, 2.05) is 32.5 Å². The van der Waals surface area contributed by atoms with E-state index in [4.69, 9.17) is 5.11 Å². The molecule has 1 aliphatic carbocycles. The molecule has 0 aliphatic heterocycles. The molecule has 2 unspecified atom stereocenters. The van der Waals surface area contributed by atoms with Gasteiger partial charge >= 0.3 is 12.0 Å². The van der Waals surface area contributed by atoms with Gasteiger partial charge in [0, 0.05) is 23.4 Å². The highest BCUT2D eigenvalue weighted by Crippen LogP contribution is 2.30. The Bertz CT molecular complexity index is 368. The lowest BCUT2D eigenvalue weighted by atomic mass is 10.1. The van der Waals surface area contributed by atoms with Crippen molar-refractivity contribution in [3.05, 3.63) is 0 Å². The third-order valence-electron chi connectivity index (χ3n) is 3.75. The molecule has 0 aromatic carbocycles. The molecule has 2 N–H and O–H groups in total. The van der Waals surface area contributed by atoms with Gasteiger partial charge in [0.1, 0.15) is 0 Å². The van der Waals surface area contributed by atoms with Crippen LogP contribution in [-0.4, -0.2) is 51.1 Å². The molecule has 1 aliphatic rings. The lowest BCUT2D eigenvalue weighted by Crippen LogP contribution is -2.54. The van der Waals surface area contributed by atoms with E-state index in [-0.39, 0.29) is 30.6 Å². The van der Waals surface area contributed by atoms with Crippen LogP contribution in [0.2, 0.25) is 0 Å². The second-order valence-corrected chi connectivity index (χ2v) is 7.96. The number of hydrogen-bond acceptors (Lipinski definition) is 3. The molecule has 1 rings (SSSR count). The van der Waals surface area contributed by atoms with E-state index in [1.165, 1.54) is 0 Å². The van der Waals surface area contributed by atoms with Crippen molar-refractivity contribution in [1.82, 2.24) is 10.2 Å². The molecule has 0 radical (unpaired) electrons. The molecule has 0 aromatic heterocycles. The van der Waals surface area contributed by atoms with Crippen molar-refractivity contribution in [2.45, 2.75) is 70.2 Å². The van der Waals surface area contributed by atoms with E-state index >= 15 is 0 Å². The summed E-state index contributed by atoms with van der Waals surface area (Å²) in [5.74, 6) is 0.177. The second-order valence-electron chi connectivity index (χ2n) is 6.45. The highest BCUT2D eigenvalue weighted by molar-refractivity contribution is 7.99. The Hall–Kier alpha value is -0.910. The van der Waals surface area contributed by atoms with E-state index in [1.54, 1.807) is 4.90 Å². The number of amides is 2. The summed E-state index contributed by atoms with van der Waals surface area (Å²) in [5.41, 5.74) is -0.383. The molecule has 21 heavy (non-hydrogen) atoms. The molecule has 0 heterocycles. The molecule has 0 bridgehead atoms. The molecule has 6 heteroatoms. The lowest BCUT2D eigenvalue weighted by molar-refractivity contribution is -0.137. The second kappa shape index (κ2) is 7.92. The number of aliphatic carboxylic acids is 1. The van der Waals surface area contributed by atoms with Crippen LogP contribution in [0.4, 0.5) is 4.79 Å². The predicted molar refractivity (Wildman–Crippen MR) is 86.8 cm³/mol. The molecule has 1 saturated carbocycles. The van der Waals surface area contributed by atoms with E-state index in [9.17, 15) is 9.59 Å². The van der Waals surface area contributed by atoms with E-state index in [0.29, 0.717) is 5.25 Å². The van der Waals surface area contributed by atoms with E-state index in [2.05, 4.69) is 12.2 Å². The maximum Gasteiger partial charge on any atom is 0.318 e. The standard InChI is InChI=1S/C15H28N2O3S/c1-5-21-12-8-6-7-11(12)16-14(20)17(15(2,3)4)10-9-13(18)19/h11-12H,5-10H2,1-4H3,(H,16,20)(H,18,19). The van der Waals surface area contributed by atoms with Gasteiger partial charge in [-0.15, -0.1) is 0 Å². The maximum absolute atomic E-state index is 12.5. The van der Waals surface area contributed by atoms with Crippen LogP contribution in [0, 0.1) is 0 Å². The Kier molecular flexibility index (Phi) is 6.84. The zero-order valence-corrected chi connectivity index (χ0v) is 14.3. The van der Waals surface area contributed by atoms with Gasteiger partial charge in [0.25, 0.3) is 0 Å². The van der Waals surface area contributed by atoms with Crippen molar-refractivity contribution in [1.29, 1.82) is 0 Å². The van der Waals surface area contributed by atoms with Crippen molar-refractivity contribution in [2.75, 3.05) is 12.3 Å². The number of carbonyl (C=O) groups excluding carboxylic acids is 1. The van der Waals surface area contributed by atoms with Gasteiger partial charge in [-0.2, -0.15) is 11.8 Å². The molecule has 2 amide bonds. The molecule has 5 nitrogen and oxygen atoms in total.